The summed E-state index contributed by atoms with van der Waals surface area (Å²) in [6, 6.07) is 14.8. The van der Waals surface area contributed by atoms with Gasteiger partial charge in [-0.25, -0.2) is 4.79 Å². The summed E-state index contributed by atoms with van der Waals surface area (Å²) < 4.78 is 5.25. The normalized spacial score (nSPS) is 19.1. The molecule has 1 aliphatic carbocycles. The van der Waals surface area contributed by atoms with E-state index in [9.17, 15) is 9.90 Å². The van der Waals surface area contributed by atoms with Crippen molar-refractivity contribution in [2.75, 3.05) is 5.32 Å². The molecule has 134 valence electrons. The number of fused-ring (bicyclic) bond motifs is 1. The van der Waals surface area contributed by atoms with Crippen molar-refractivity contribution in [3.63, 3.8) is 0 Å². The summed E-state index contributed by atoms with van der Waals surface area (Å²) in [5, 5.41) is 13.2. The molecule has 2 aromatic carbocycles. The summed E-state index contributed by atoms with van der Waals surface area (Å²) in [5.41, 5.74) is 9.25. The van der Waals surface area contributed by atoms with Crippen molar-refractivity contribution >= 4 is 24.2 Å². The fourth-order valence-electron chi connectivity index (χ4n) is 3.06. The van der Waals surface area contributed by atoms with Crippen molar-refractivity contribution in [2.45, 2.75) is 38.0 Å². The lowest BCUT2D eigenvalue weighted by molar-refractivity contribution is 0.144. The number of aliphatic hydroxyl groups is 1. The zero-order valence-electron chi connectivity index (χ0n) is 13.9. The fourth-order valence-corrected chi connectivity index (χ4v) is 3.06. The van der Waals surface area contributed by atoms with E-state index < -0.39 is 12.2 Å². The molecule has 0 heterocycles. The van der Waals surface area contributed by atoms with Gasteiger partial charge in [0.25, 0.3) is 0 Å². The van der Waals surface area contributed by atoms with E-state index in [1.807, 2.05) is 42.5 Å². The second-order valence-electron chi connectivity index (χ2n) is 6.07. The first-order chi connectivity index (χ1) is 11.6. The van der Waals surface area contributed by atoms with E-state index in [2.05, 4.69) is 5.32 Å². The number of hydrogen-bond donors (Lipinski definition) is 3. The molecule has 0 spiro atoms. The highest BCUT2D eigenvalue weighted by molar-refractivity contribution is 5.86. The van der Waals surface area contributed by atoms with Crippen molar-refractivity contribution in [1.82, 2.24) is 0 Å². The van der Waals surface area contributed by atoms with E-state index >= 15 is 0 Å². The number of hydrogen-bond acceptors (Lipinski definition) is 4. The van der Waals surface area contributed by atoms with Gasteiger partial charge in [-0.2, -0.15) is 0 Å². The van der Waals surface area contributed by atoms with Gasteiger partial charge in [-0.05, 0) is 36.5 Å². The first kappa shape index (κ1) is 19.2. The van der Waals surface area contributed by atoms with Gasteiger partial charge in [-0.3, -0.25) is 5.32 Å². The van der Waals surface area contributed by atoms with Crippen LogP contribution in [0.15, 0.2) is 48.5 Å². The van der Waals surface area contributed by atoms with E-state index in [1.165, 1.54) is 0 Å². The zero-order valence-corrected chi connectivity index (χ0v) is 14.7. The topological polar surface area (TPSA) is 84.6 Å². The molecule has 2 aromatic rings. The Morgan fingerprint density at radius 3 is 2.72 bits per heavy atom. The first-order valence-corrected chi connectivity index (χ1v) is 8.18. The molecular weight excluding hydrogens is 340 g/mol. The van der Waals surface area contributed by atoms with E-state index in [0.717, 1.165) is 30.4 Å². The van der Waals surface area contributed by atoms with Gasteiger partial charge >= 0.3 is 6.09 Å². The summed E-state index contributed by atoms with van der Waals surface area (Å²) >= 11 is 0. The molecule has 0 radical (unpaired) electrons. The Balaban J connectivity index is 0.00000225. The number of ether oxygens (including phenoxy) is 1. The van der Waals surface area contributed by atoms with E-state index in [-0.39, 0.29) is 25.1 Å². The third kappa shape index (κ3) is 4.72. The average Bonchev–Trinajstić information content (AvgIpc) is 2.74. The van der Waals surface area contributed by atoms with Crippen LogP contribution >= 0.6 is 12.4 Å². The SMILES string of the molecule is Cl.NC1CCCc2cccc(NC(=O)OCc3ccccc3)c2C1O. The van der Waals surface area contributed by atoms with Crippen LogP contribution in [0.25, 0.3) is 0 Å². The lowest BCUT2D eigenvalue weighted by Gasteiger charge is -2.21. The smallest absolute Gasteiger partial charge is 0.411 e. The van der Waals surface area contributed by atoms with Gasteiger partial charge in [0, 0.05) is 11.6 Å². The maximum atomic E-state index is 12.1. The minimum atomic E-state index is -0.784. The van der Waals surface area contributed by atoms with Crippen molar-refractivity contribution < 1.29 is 14.6 Å². The standard InChI is InChI=1S/C19H22N2O3.ClH/c20-15-10-4-8-14-9-5-11-16(17(14)18(15)22)21-19(23)24-12-13-6-2-1-3-7-13;/h1-3,5-7,9,11,15,18,22H,4,8,10,12,20H2,(H,21,23);1H. The zero-order chi connectivity index (χ0) is 16.9. The van der Waals surface area contributed by atoms with Crippen molar-refractivity contribution in [2.24, 2.45) is 5.73 Å². The lowest BCUT2D eigenvalue weighted by atomic mass is 9.97. The molecule has 0 fully saturated rings. The van der Waals surface area contributed by atoms with Gasteiger partial charge in [0.15, 0.2) is 0 Å². The van der Waals surface area contributed by atoms with Gasteiger partial charge < -0.3 is 15.6 Å². The maximum Gasteiger partial charge on any atom is 0.411 e. The molecule has 3 rings (SSSR count). The third-order valence-electron chi connectivity index (χ3n) is 4.33. The quantitative estimate of drug-likeness (QED) is 0.729. The molecular formula is C19H23ClN2O3. The minimum Gasteiger partial charge on any atom is -0.444 e. The number of carbonyl (C=O) groups excluding carboxylic acids is 1. The van der Waals surface area contributed by atoms with E-state index in [4.69, 9.17) is 10.5 Å². The van der Waals surface area contributed by atoms with Crippen LogP contribution in [-0.4, -0.2) is 17.2 Å². The summed E-state index contributed by atoms with van der Waals surface area (Å²) in [5.74, 6) is 0. The van der Waals surface area contributed by atoms with Crippen LogP contribution < -0.4 is 11.1 Å². The summed E-state index contributed by atoms with van der Waals surface area (Å²) in [4.78, 5) is 12.1. The number of aliphatic hydroxyl groups excluding tert-OH is 1. The Hall–Kier alpha value is -2.08. The second-order valence-corrected chi connectivity index (χ2v) is 6.07. The summed E-state index contributed by atoms with van der Waals surface area (Å²) in [6.45, 7) is 0.198. The number of nitrogens with two attached hydrogens (primary N) is 1. The van der Waals surface area contributed by atoms with Gasteiger partial charge in [0.1, 0.15) is 6.61 Å². The number of aryl methyl sites for hydroxylation is 1. The molecule has 6 heteroatoms. The second kappa shape index (κ2) is 8.85. The highest BCUT2D eigenvalue weighted by Gasteiger charge is 2.26. The highest BCUT2D eigenvalue weighted by atomic mass is 35.5. The number of halogens is 1. The van der Waals surface area contributed by atoms with Crippen LogP contribution in [0.4, 0.5) is 10.5 Å². The number of amides is 1. The van der Waals surface area contributed by atoms with Crippen LogP contribution in [0.5, 0.6) is 0 Å². The van der Waals surface area contributed by atoms with Crippen LogP contribution in [-0.2, 0) is 17.8 Å². The molecule has 2 unspecified atom stereocenters. The molecule has 1 amide bonds. The molecule has 25 heavy (non-hydrogen) atoms. The first-order valence-electron chi connectivity index (χ1n) is 8.18. The maximum absolute atomic E-state index is 12.1. The van der Waals surface area contributed by atoms with Crippen LogP contribution in [0.3, 0.4) is 0 Å². The molecule has 1 aliphatic rings. The monoisotopic (exact) mass is 362 g/mol. The van der Waals surface area contributed by atoms with Crippen molar-refractivity contribution in [3.8, 4) is 0 Å². The highest BCUT2D eigenvalue weighted by Crippen LogP contribution is 2.33. The lowest BCUT2D eigenvalue weighted by Crippen LogP contribution is -2.28. The Morgan fingerprint density at radius 2 is 1.96 bits per heavy atom. The molecule has 4 N–H and O–H groups in total. The van der Waals surface area contributed by atoms with Crippen molar-refractivity contribution in [1.29, 1.82) is 0 Å². The number of carbonyl (C=O) groups is 1. The van der Waals surface area contributed by atoms with Gasteiger partial charge in [0.2, 0.25) is 0 Å². The Labute approximate surface area is 153 Å². The molecule has 0 aromatic heterocycles. The van der Waals surface area contributed by atoms with Gasteiger partial charge in [0.05, 0.1) is 11.8 Å². The Morgan fingerprint density at radius 1 is 1.20 bits per heavy atom. The molecule has 0 aliphatic heterocycles. The predicted octanol–water partition coefficient (Wildman–Crippen LogP) is 3.55. The average molecular weight is 363 g/mol. The van der Waals surface area contributed by atoms with Crippen LogP contribution in [0.1, 0.15) is 35.6 Å². The number of benzene rings is 2. The summed E-state index contributed by atoms with van der Waals surface area (Å²) in [6.07, 6.45) is 1.20. The number of anilines is 1. The summed E-state index contributed by atoms with van der Waals surface area (Å²) in [7, 11) is 0. The molecule has 0 saturated carbocycles. The third-order valence-corrected chi connectivity index (χ3v) is 4.33. The fraction of sp³-hybridized carbons (Fsp3) is 0.316. The number of nitrogens with one attached hydrogen (secondary N) is 1. The predicted molar refractivity (Wildman–Crippen MR) is 99.8 cm³/mol. The van der Waals surface area contributed by atoms with Gasteiger partial charge in [-0.15, -0.1) is 12.4 Å². The van der Waals surface area contributed by atoms with E-state index in [0.29, 0.717) is 11.3 Å². The number of rotatable bonds is 3. The Kier molecular flexibility index (Phi) is 6.82. The van der Waals surface area contributed by atoms with Crippen LogP contribution in [0.2, 0.25) is 0 Å². The van der Waals surface area contributed by atoms with Crippen molar-refractivity contribution in [3.05, 3.63) is 65.2 Å². The Bertz CT molecular complexity index is 709. The van der Waals surface area contributed by atoms with Crippen LogP contribution in [0, 0.1) is 0 Å². The minimum absolute atomic E-state index is 0. The largest absolute Gasteiger partial charge is 0.444 e. The molecule has 2 atom stereocenters. The molecule has 5 nitrogen and oxygen atoms in total. The molecule has 0 bridgehead atoms. The molecule has 0 saturated heterocycles. The van der Waals surface area contributed by atoms with E-state index in [1.54, 1.807) is 6.07 Å². The van der Waals surface area contributed by atoms with Gasteiger partial charge in [-0.1, -0.05) is 42.5 Å².